The zero-order valence-corrected chi connectivity index (χ0v) is 12.9. The van der Waals surface area contributed by atoms with Gasteiger partial charge in [-0.1, -0.05) is 49.6 Å². The van der Waals surface area contributed by atoms with E-state index in [1.54, 1.807) is 6.07 Å². The van der Waals surface area contributed by atoms with Crippen LogP contribution in [0.4, 0.5) is 0 Å². The van der Waals surface area contributed by atoms with E-state index < -0.39 is 0 Å². The highest BCUT2D eigenvalue weighted by Gasteiger charge is 2.26. The van der Waals surface area contributed by atoms with E-state index >= 15 is 0 Å². The maximum absolute atomic E-state index is 12.4. The highest BCUT2D eigenvalue weighted by Crippen LogP contribution is 2.34. The first-order chi connectivity index (χ1) is 10.2. The van der Waals surface area contributed by atoms with Crippen LogP contribution in [0.25, 0.3) is 10.9 Å². The normalized spacial score (nSPS) is 15.9. The van der Waals surface area contributed by atoms with Crippen LogP contribution in [0.3, 0.4) is 0 Å². The van der Waals surface area contributed by atoms with Gasteiger partial charge in [0.2, 0.25) is 0 Å². The number of nitrogens with one attached hydrogen (secondary N) is 1. The van der Waals surface area contributed by atoms with Gasteiger partial charge in [-0.25, -0.2) is 4.98 Å². The second-order valence-corrected chi connectivity index (χ2v) is 6.17. The van der Waals surface area contributed by atoms with E-state index in [-0.39, 0.29) is 11.9 Å². The van der Waals surface area contributed by atoms with Gasteiger partial charge in [0.05, 0.1) is 10.5 Å². The number of fused-ring (bicyclic) bond motifs is 1. The van der Waals surface area contributed by atoms with Crippen molar-refractivity contribution in [2.24, 2.45) is 5.92 Å². The van der Waals surface area contributed by atoms with Crippen molar-refractivity contribution in [3.63, 3.8) is 0 Å². The van der Waals surface area contributed by atoms with E-state index in [1.807, 2.05) is 24.3 Å². The van der Waals surface area contributed by atoms with Crippen LogP contribution >= 0.6 is 11.6 Å². The molecule has 0 radical (unpaired) electrons. The molecule has 0 saturated heterocycles. The van der Waals surface area contributed by atoms with E-state index in [9.17, 15) is 4.79 Å². The van der Waals surface area contributed by atoms with Crippen LogP contribution in [0.2, 0.25) is 5.02 Å². The number of hydrogen-bond acceptors (Lipinski definition) is 2. The molecule has 4 heteroatoms. The molecule has 1 aliphatic rings. The van der Waals surface area contributed by atoms with Crippen LogP contribution < -0.4 is 5.32 Å². The summed E-state index contributed by atoms with van der Waals surface area (Å²) in [4.78, 5) is 16.8. The molecule has 1 unspecified atom stereocenters. The largest absolute Gasteiger partial charge is 0.348 e. The van der Waals surface area contributed by atoms with Crippen molar-refractivity contribution in [1.82, 2.24) is 10.3 Å². The number of hydrogen-bond donors (Lipinski definition) is 1. The number of para-hydroxylation sites is 1. The van der Waals surface area contributed by atoms with Crippen LogP contribution in [0.15, 0.2) is 30.3 Å². The third-order valence-electron chi connectivity index (χ3n) is 4.04. The number of carbonyl (C=O) groups is 1. The van der Waals surface area contributed by atoms with E-state index in [2.05, 4.69) is 17.2 Å². The van der Waals surface area contributed by atoms with Gasteiger partial charge in [0.25, 0.3) is 5.91 Å². The predicted octanol–water partition coefficient (Wildman–Crippen LogP) is 4.20. The molecule has 1 fully saturated rings. The van der Waals surface area contributed by atoms with Gasteiger partial charge >= 0.3 is 0 Å². The van der Waals surface area contributed by atoms with E-state index in [4.69, 9.17) is 11.6 Å². The Morgan fingerprint density at radius 1 is 1.43 bits per heavy atom. The molecule has 1 saturated carbocycles. The van der Waals surface area contributed by atoms with Crippen molar-refractivity contribution in [1.29, 1.82) is 0 Å². The molecule has 1 atom stereocenters. The second kappa shape index (κ2) is 6.02. The summed E-state index contributed by atoms with van der Waals surface area (Å²) in [7, 11) is 0. The molecule has 1 N–H and O–H groups in total. The molecular weight excluding hydrogens is 284 g/mol. The molecule has 2 aromatic rings. The summed E-state index contributed by atoms with van der Waals surface area (Å²) in [6.45, 7) is 2.11. The number of nitrogens with zero attached hydrogens (tertiary/aromatic N) is 1. The second-order valence-electron chi connectivity index (χ2n) is 5.76. The fourth-order valence-electron chi connectivity index (χ4n) is 2.59. The maximum Gasteiger partial charge on any atom is 0.270 e. The Morgan fingerprint density at radius 2 is 2.19 bits per heavy atom. The van der Waals surface area contributed by atoms with Crippen molar-refractivity contribution in [2.45, 2.75) is 38.6 Å². The zero-order valence-electron chi connectivity index (χ0n) is 12.1. The average molecular weight is 303 g/mol. The Hall–Kier alpha value is -1.61. The summed E-state index contributed by atoms with van der Waals surface area (Å²) >= 11 is 6.25. The van der Waals surface area contributed by atoms with E-state index in [0.29, 0.717) is 10.7 Å². The number of aromatic nitrogens is 1. The van der Waals surface area contributed by atoms with Crippen LogP contribution in [-0.2, 0) is 0 Å². The lowest BCUT2D eigenvalue weighted by Crippen LogP contribution is -2.35. The number of pyridine rings is 1. The SMILES string of the molecule is CCC(CC1CC1)NC(=O)c1cc(Cl)c2ccccc2n1. The molecule has 1 aromatic carbocycles. The van der Waals surface area contributed by atoms with Gasteiger partial charge < -0.3 is 5.32 Å². The molecular formula is C17H19ClN2O. The molecule has 3 rings (SSSR count). The summed E-state index contributed by atoms with van der Waals surface area (Å²) in [5, 5.41) is 4.53. The maximum atomic E-state index is 12.4. The highest BCUT2D eigenvalue weighted by molar-refractivity contribution is 6.35. The Balaban J connectivity index is 1.80. The molecule has 1 amide bonds. The van der Waals surface area contributed by atoms with Gasteiger partial charge in [0.1, 0.15) is 5.69 Å². The van der Waals surface area contributed by atoms with Gasteiger partial charge in [-0.15, -0.1) is 0 Å². The number of halogens is 1. The fraction of sp³-hybridized carbons (Fsp3) is 0.412. The first-order valence-corrected chi connectivity index (χ1v) is 7.91. The van der Waals surface area contributed by atoms with Gasteiger partial charge in [0.15, 0.2) is 0 Å². The van der Waals surface area contributed by atoms with Crippen molar-refractivity contribution in [2.75, 3.05) is 0 Å². The summed E-state index contributed by atoms with van der Waals surface area (Å²) in [6, 6.07) is 9.49. The Labute approximate surface area is 129 Å². The lowest BCUT2D eigenvalue weighted by molar-refractivity contribution is 0.0928. The summed E-state index contributed by atoms with van der Waals surface area (Å²) in [5.74, 6) is 0.665. The first kappa shape index (κ1) is 14.3. The van der Waals surface area contributed by atoms with Crippen molar-refractivity contribution < 1.29 is 4.79 Å². The first-order valence-electron chi connectivity index (χ1n) is 7.53. The van der Waals surface area contributed by atoms with Crippen LogP contribution in [0.5, 0.6) is 0 Å². The number of carbonyl (C=O) groups excluding carboxylic acids is 1. The summed E-state index contributed by atoms with van der Waals surface area (Å²) in [5.41, 5.74) is 1.15. The Bertz CT molecular complexity index is 667. The summed E-state index contributed by atoms with van der Waals surface area (Å²) in [6.07, 6.45) is 4.62. The molecule has 0 spiro atoms. The third kappa shape index (κ3) is 3.35. The molecule has 110 valence electrons. The number of rotatable bonds is 5. The standard InChI is InChI=1S/C17H19ClN2O/c1-2-12(9-11-7-8-11)19-17(21)16-10-14(18)13-5-3-4-6-15(13)20-16/h3-6,10-12H,2,7-9H2,1H3,(H,19,21). The summed E-state index contributed by atoms with van der Waals surface area (Å²) < 4.78 is 0. The molecule has 21 heavy (non-hydrogen) atoms. The topological polar surface area (TPSA) is 42.0 Å². The van der Waals surface area contributed by atoms with Gasteiger partial charge in [-0.3, -0.25) is 4.79 Å². The predicted molar refractivity (Wildman–Crippen MR) is 85.6 cm³/mol. The molecule has 0 bridgehead atoms. The molecule has 1 heterocycles. The monoisotopic (exact) mass is 302 g/mol. The minimum atomic E-state index is -0.129. The van der Waals surface area contributed by atoms with Gasteiger partial charge in [0, 0.05) is 11.4 Å². The Morgan fingerprint density at radius 3 is 2.90 bits per heavy atom. The lowest BCUT2D eigenvalue weighted by Gasteiger charge is -2.16. The molecule has 3 nitrogen and oxygen atoms in total. The van der Waals surface area contributed by atoms with Crippen molar-refractivity contribution in [3.05, 3.63) is 41.0 Å². The molecule has 1 aliphatic carbocycles. The van der Waals surface area contributed by atoms with Crippen molar-refractivity contribution in [3.8, 4) is 0 Å². The minimum absolute atomic E-state index is 0.129. The lowest BCUT2D eigenvalue weighted by atomic mass is 10.1. The van der Waals surface area contributed by atoms with Crippen LogP contribution in [0, 0.1) is 5.92 Å². The fourth-order valence-corrected chi connectivity index (χ4v) is 2.86. The van der Waals surface area contributed by atoms with Crippen molar-refractivity contribution >= 4 is 28.4 Å². The zero-order chi connectivity index (χ0) is 14.8. The highest BCUT2D eigenvalue weighted by atomic mass is 35.5. The smallest absolute Gasteiger partial charge is 0.270 e. The Kier molecular flexibility index (Phi) is 4.11. The van der Waals surface area contributed by atoms with Gasteiger partial charge in [-0.2, -0.15) is 0 Å². The van der Waals surface area contributed by atoms with Gasteiger partial charge in [-0.05, 0) is 30.9 Å². The number of amides is 1. The molecule has 0 aliphatic heterocycles. The van der Waals surface area contributed by atoms with Crippen LogP contribution in [0.1, 0.15) is 43.1 Å². The average Bonchev–Trinajstić information content (AvgIpc) is 3.30. The molecule has 1 aromatic heterocycles. The minimum Gasteiger partial charge on any atom is -0.348 e. The number of benzene rings is 1. The van der Waals surface area contributed by atoms with Crippen LogP contribution in [-0.4, -0.2) is 16.9 Å². The van der Waals surface area contributed by atoms with E-state index in [1.165, 1.54) is 12.8 Å². The quantitative estimate of drug-likeness (QED) is 0.899. The third-order valence-corrected chi connectivity index (χ3v) is 4.35. The van der Waals surface area contributed by atoms with E-state index in [0.717, 1.165) is 29.7 Å².